The zero-order chi connectivity index (χ0) is 50.3. The lowest BCUT2D eigenvalue weighted by Gasteiger charge is -2.44. The largest absolute Gasteiger partial charge is 0.408 e. The van der Waals surface area contributed by atoms with Crippen LogP contribution in [0.5, 0.6) is 0 Å². The van der Waals surface area contributed by atoms with Crippen LogP contribution in [-0.2, 0) is 11.3 Å². The van der Waals surface area contributed by atoms with Gasteiger partial charge in [0.2, 0.25) is 12.3 Å². The fourth-order valence-corrected chi connectivity index (χ4v) is 6.73. The Labute approximate surface area is 357 Å². The Morgan fingerprint density at radius 1 is 0.448 bits per heavy atom. The first-order chi connectivity index (χ1) is 31.3. The Morgan fingerprint density at radius 3 is 1.03 bits per heavy atom. The second-order valence-electron chi connectivity index (χ2n) is 13.2. The topological polar surface area (TPSA) is 90.4 Å². The minimum Gasteiger partial charge on any atom is -0.392 e. The van der Waals surface area contributed by atoms with Crippen LogP contribution in [0.3, 0.4) is 0 Å². The number of ether oxygens (including phenoxy) is 1. The van der Waals surface area contributed by atoms with E-state index in [2.05, 4.69) is 4.74 Å². The van der Waals surface area contributed by atoms with E-state index in [1.54, 1.807) is 48.7 Å². The lowest BCUT2D eigenvalue weighted by atomic mass is 9.12. The molecule has 6 rings (SSSR count). The van der Waals surface area contributed by atoms with Gasteiger partial charge in [-0.15, -0.1) is 21.9 Å². The quantitative estimate of drug-likeness (QED) is 0.0140. The van der Waals surface area contributed by atoms with E-state index in [4.69, 9.17) is 0 Å². The van der Waals surface area contributed by atoms with Crippen LogP contribution < -0.4 is 26.4 Å². The minimum atomic E-state index is -7.22. The Bertz CT molecular complexity index is 2650. The minimum absolute atomic E-state index is 0.0618. The lowest BCUT2D eigenvalue weighted by molar-refractivity contribution is -0.686. The third-order valence-electron chi connectivity index (χ3n) is 9.57. The number of ketones is 1. The van der Waals surface area contributed by atoms with Crippen LogP contribution in [0.2, 0.25) is 0 Å². The summed E-state index contributed by atoms with van der Waals surface area (Å²) in [6, 6.07) is 13.3. The van der Waals surface area contributed by atoms with E-state index in [9.17, 15) is 72.4 Å². The van der Waals surface area contributed by atoms with Gasteiger partial charge >= 0.3 is 12.7 Å². The van der Waals surface area contributed by atoms with E-state index >= 15 is 35.1 Å². The molecule has 0 aliphatic carbocycles. The number of carbonyl (C=O) groups is 2. The van der Waals surface area contributed by atoms with Gasteiger partial charge in [-0.2, -0.15) is 4.57 Å². The van der Waals surface area contributed by atoms with Crippen LogP contribution in [0.4, 0.5) is 87.8 Å². The molecule has 0 N–H and O–H groups in total. The zero-order valence-electron chi connectivity index (χ0n) is 31.7. The number of Topliss-reactive ketones (excluding diaryl/α,β-unsaturated/α-hetero) is 1. The number of nitrogens with zero attached hydrogens (tertiary/aromatic N) is 2. The normalized spacial score (nSPS) is 11.3. The third-order valence-corrected chi connectivity index (χ3v) is 9.57. The number of rotatable bonds is 10. The predicted molar refractivity (Wildman–Crippen MR) is 184 cm³/mol. The molecule has 1 aromatic heterocycles. The number of nitro groups is 1. The molecule has 0 unspecified atom stereocenters. The number of benzene rings is 5. The summed E-state index contributed by atoms with van der Waals surface area (Å²) >= 11 is 0. The Balaban J connectivity index is 0.000000319. The van der Waals surface area contributed by atoms with Gasteiger partial charge in [-0.05, 0) is 6.07 Å². The fraction of sp³-hybridized carbons (Fsp3) is 0.0513. The van der Waals surface area contributed by atoms with Gasteiger partial charge in [0.15, 0.2) is 76.0 Å². The van der Waals surface area contributed by atoms with E-state index in [0.717, 1.165) is 0 Å². The second kappa shape index (κ2) is 19.1. The van der Waals surface area contributed by atoms with Crippen molar-refractivity contribution in [3.05, 3.63) is 192 Å². The van der Waals surface area contributed by atoms with Gasteiger partial charge in [-0.3, -0.25) is 14.9 Å². The Morgan fingerprint density at radius 2 is 0.731 bits per heavy atom. The first-order valence-corrected chi connectivity index (χ1v) is 17.4. The summed E-state index contributed by atoms with van der Waals surface area (Å²) in [6.07, 6.45) is -5.67. The van der Waals surface area contributed by atoms with Gasteiger partial charge in [-0.25, -0.2) is 92.6 Å². The highest BCUT2D eigenvalue weighted by molar-refractivity contribution is 7.20. The first-order valence-electron chi connectivity index (χ1n) is 17.4. The van der Waals surface area contributed by atoms with Crippen LogP contribution in [0.15, 0.2) is 54.7 Å². The number of hydrogen-bond acceptors (Lipinski definition) is 5. The summed E-state index contributed by atoms with van der Waals surface area (Å²) in [4.78, 5) is 33.5. The number of hydrogen-bond donors (Lipinski definition) is 0. The maximum absolute atomic E-state index is 15.4. The second-order valence-corrected chi connectivity index (χ2v) is 13.2. The molecule has 352 valence electrons. The molecule has 7 nitrogen and oxygen atoms in total. The molecule has 1 heterocycles. The van der Waals surface area contributed by atoms with Gasteiger partial charge in [-0.1, -0.05) is 30.3 Å². The third kappa shape index (κ3) is 8.45. The molecule has 0 aliphatic rings. The summed E-state index contributed by atoms with van der Waals surface area (Å²) in [5.41, 5.74) is -13.7. The van der Waals surface area contributed by atoms with Crippen LogP contribution in [-0.4, -0.2) is 29.6 Å². The highest BCUT2D eigenvalue weighted by atomic mass is 19.2. The molecule has 28 heteroatoms. The average molecular weight is 980 g/mol. The van der Waals surface area contributed by atoms with Gasteiger partial charge in [0.1, 0.15) is 52.7 Å². The Kier molecular flexibility index (Phi) is 14.4. The highest BCUT2D eigenvalue weighted by Crippen LogP contribution is 2.30. The summed E-state index contributed by atoms with van der Waals surface area (Å²) < 4.78 is 300. The average Bonchev–Trinajstić information content (AvgIpc) is 3.31. The lowest BCUT2D eigenvalue weighted by Crippen LogP contribution is -2.81. The summed E-state index contributed by atoms with van der Waals surface area (Å²) in [7, 11) is 0. The van der Waals surface area contributed by atoms with Crippen molar-refractivity contribution in [2.75, 3.05) is 6.73 Å². The van der Waals surface area contributed by atoms with Gasteiger partial charge in [0.25, 0.3) is 5.69 Å². The van der Waals surface area contributed by atoms with Crippen molar-refractivity contribution in [1.29, 1.82) is 0 Å². The van der Waals surface area contributed by atoms with Crippen LogP contribution in [0.25, 0.3) is 0 Å². The summed E-state index contributed by atoms with van der Waals surface area (Å²) in [6.45, 7) is -0.978. The maximum Gasteiger partial charge on any atom is 0.408 e. The van der Waals surface area contributed by atoms with Gasteiger partial charge < -0.3 is 4.74 Å². The van der Waals surface area contributed by atoms with Crippen molar-refractivity contribution in [1.82, 2.24) is 0 Å². The smallest absolute Gasteiger partial charge is 0.392 e. The first kappa shape index (κ1) is 50.5. The fourth-order valence-electron chi connectivity index (χ4n) is 6.73. The van der Waals surface area contributed by atoms with Gasteiger partial charge in [0.05, 0.1) is 4.92 Å². The molecule has 0 radical (unpaired) electrons. The molecule has 0 saturated heterocycles. The number of carbonyl (C=O) groups excluding carboxylic acids is 2. The van der Waals surface area contributed by atoms with E-state index in [1.807, 2.05) is 0 Å². The van der Waals surface area contributed by atoms with Crippen molar-refractivity contribution in [2.24, 2.45) is 0 Å². The van der Waals surface area contributed by atoms with Crippen molar-refractivity contribution < 1.29 is 112 Å². The number of pyridine rings is 1. The van der Waals surface area contributed by atoms with Crippen molar-refractivity contribution >= 4 is 39.7 Å². The molecule has 5 aromatic carbocycles. The molecule has 0 fully saturated rings. The maximum atomic E-state index is 15.4. The van der Waals surface area contributed by atoms with Crippen molar-refractivity contribution in [2.45, 2.75) is 6.54 Å². The molecule has 0 amide bonds. The van der Waals surface area contributed by atoms with Crippen LogP contribution in [0.1, 0.15) is 20.8 Å². The molecule has 0 atom stereocenters. The van der Waals surface area contributed by atoms with Crippen LogP contribution >= 0.6 is 0 Å². The molecule has 67 heavy (non-hydrogen) atoms. The van der Waals surface area contributed by atoms with E-state index < -0.39 is 162 Å². The molecule has 0 spiro atoms. The zero-order valence-corrected chi connectivity index (χ0v) is 31.7. The predicted octanol–water partition coefficient (Wildman–Crippen LogP) is 7.09. The number of esters is 1. The molecule has 0 aliphatic heterocycles. The van der Waals surface area contributed by atoms with E-state index in [1.165, 1.54) is 10.6 Å². The molecule has 0 bridgehead atoms. The summed E-state index contributed by atoms with van der Waals surface area (Å²) in [5.74, 6) is -72.4. The van der Waals surface area contributed by atoms with Crippen molar-refractivity contribution in [3.8, 4) is 0 Å². The van der Waals surface area contributed by atoms with Crippen molar-refractivity contribution in [3.63, 3.8) is 0 Å². The summed E-state index contributed by atoms with van der Waals surface area (Å²) in [5, 5.41) is 10.3. The van der Waals surface area contributed by atoms with E-state index in [0.29, 0.717) is 5.56 Å². The standard InChI is InChI=1S/C24BF20.C15H13N2O5/c26-5-1(6(27)14(35)21(42)13(5)34)25(2-7(28)15(36)22(43)16(37)8(2)29,3-9(30)17(38)23(44)18(39)10(3)31)4-11(32)19(40)24(45)20(41)12(4)33;18-14(12-6-2-1-3-7-12)10-16-9-5-4-8-13(16)15(19)22-11-17(20)21/h;1-9H,10-11H2/q-1;+1. The number of halogens is 20. The molecule has 0 saturated carbocycles. The molecule has 6 aromatic rings. The van der Waals surface area contributed by atoms with Gasteiger partial charge in [0, 0.05) is 17.7 Å². The molecular weight excluding hydrogens is 967 g/mol. The van der Waals surface area contributed by atoms with Crippen LogP contribution in [0, 0.1) is 126 Å². The molecular formula is C39H13BF20N2O5. The SMILES string of the molecule is Fc1c(F)c(F)c([B-](c2c(F)c(F)c(F)c(F)c2F)(c2c(F)c(F)c(F)c(F)c2F)c2c(F)c(F)c(F)c(F)c2F)c(F)c1F.O=C(C[n+]1ccccc1C(=O)OC[N+](=O)[O-])c1ccccc1. The number of aromatic nitrogens is 1. The van der Waals surface area contributed by atoms with E-state index in [-0.39, 0.29) is 18.0 Å². The Hall–Kier alpha value is -7.55. The monoisotopic (exact) mass is 980 g/mol. The highest BCUT2D eigenvalue weighted by Gasteiger charge is 2.52.